The summed E-state index contributed by atoms with van der Waals surface area (Å²) >= 11 is 0. The summed E-state index contributed by atoms with van der Waals surface area (Å²) in [6.07, 6.45) is 9.69. The Kier molecular flexibility index (Phi) is 8.79. The predicted octanol–water partition coefficient (Wildman–Crippen LogP) is 5.07. The van der Waals surface area contributed by atoms with Gasteiger partial charge in [-0.25, -0.2) is 4.39 Å². The first-order chi connectivity index (χ1) is 20.9. The summed E-state index contributed by atoms with van der Waals surface area (Å²) < 4.78 is 18.9. The molecular formula is C34H41FN4O4. The van der Waals surface area contributed by atoms with Crippen molar-refractivity contribution in [1.29, 1.82) is 0 Å². The van der Waals surface area contributed by atoms with E-state index in [0.29, 0.717) is 60.4 Å². The molecule has 0 saturated carbocycles. The molecule has 4 heterocycles. The highest BCUT2D eigenvalue weighted by atomic mass is 19.1. The minimum Gasteiger partial charge on any atom is -0.496 e. The number of hydrogen-bond donors (Lipinski definition) is 1. The normalized spacial score (nSPS) is 19.1. The van der Waals surface area contributed by atoms with Crippen LogP contribution in [0.25, 0.3) is 10.9 Å². The molecule has 6 rings (SSSR count). The van der Waals surface area contributed by atoms with Crippen LogP contribution in [0.5, 0.6) is 5.75 Å². The highest BCUT2D eigenvalue weighted by molar-refractivity contribution is 6.45. The Bertz CT molecular complexity index is 1460. The lowest BCUT2D eigenvalue weighted by molar-refractivity contribution is -0.128. The molecule has 0 atom stereocenters. The quantitative estimate of drug-likeness (QED) is 0.308. The number of rotatable bonds is 7. The number of aromatic amines is 1. The van der Waals surface area contributed by atoms with E-state index in [-0.39, 0.29) is 17.3 Å². The lowest BCUT2D eigenvalue weighted by atomic mass is 9.90. The van der Waals surface area contributed by atoms with Crippen molar-refractivity contribution < 1.29 is 23.5 Å². The zero-order chi connectivity index (χ0) is 29.9. The van der Waals surface area contributed by atoms with E-state index >= 15 is 0 Å². The number of aromatic nitrogens is 1. The van der Waals surface area contributed by atoms with E-state index in [2.05, 4.69) is 9.88 Å². The van der Waals surface area contributed by atoms with Crippen molar-refractivity contribution in [3.05, 3.63) is 65.1 Å². The van der Waals surface area contributed by atoms with Crippen LogP contribution in [0.3, 0.4) is 0 Å². The van der Waals surface area contributed by atoms with Gasteiger partial charge in [-0.05, 0) is 87.7 Å². The monoisotopic (exact) mass is 588 g/mol. The lowest BCUT2D eigenvalue weighted by Gasteiger charge is -2.40. The molecule has 3 fully saturated rings. The maximum Gasteiger partial charge on any atom is 0.295 e. The Morgan fingerprint density at radius 3 is 2.21 bits per heavy atom. The Labute approximate surface area is 252 Å². The summed E-state index contributed by atoms with van der Waals surface area (Å²) in [6, 6.07) is 10.5. The molecule has 228 valence electrons. The number of methoxy groups -OCH3 is 1. The highest BCUT2D eigenvalue weighted by Gasteiger charge is 2.32. The number of Topliss-reactive ketones (excluding diaryl/α,β-unsaturated/α-hetero) is 1. The largest absolute Gasteiger partial charge is 0.496 e. The highest BCUT2D eigenvalue weighted by Crippen LogP contribution is 2.31. The molecule has 0 spiro atoms. The van der Waals surface area contributed by atoms with Gasteiger partial charge in [-0.2, -0.15) is 0 Å². The number of carbonyl (C=O) groups is 3. The van der Waals surface area contributed by atoms with Gasteiger partial charge < -0.3 is 24.4 Å². The summed E-state index contributed by atoms with van der Waals surface area (Å²) in [5.41, 5.74) is 2.42. The van der Waals surface area contributed by atoms with Crippen LogP contribution in [0.2, 0.25) is 0 Å². The summed E-state index contributed by atoms with van der Waals surface area (Å²) in [5, 5.41) is 0.553. The van der Waals surface area contributed by atoms with Gasteiger partial charge in [-0.1, -0.05) is 18.6 Å². The number of nitrogens with one attached hydrogen (secondary N) is 1. The molecule has 3 aliphatic heterocycles. The van der Waals surface area contributed by atoms with E-state index in [0.717, 1.165) is 50.8 Å². The van der Waals surface area contributed by atoms with Crippen LogP contribution in [0, 0.1) is 11.7 Å². The number of likely N-dealkylation sites (tertiary alicyclic amines) is 3. The van der Waals surface area contributed by atoms with Gasteiger partial charge in [-0.15, -0.1) is 0 Å². The van der Waals surface area contributed by atoms with E-state index in [1.165, 1.54) is 38.5 Å². The molecule has 1 N–H and O–H groups in total. The molecule has 2 amide bonds. The standard InChI is InChI=1S/C34H41FN4O4/c1-43-31-21-30-27(20-28(31)33(41)38-15-9-24(10-16-38)19-23-5-7-25(35)8-6-23)29(22-36-30)32(40)34(42)39-17-11-26(12-18-39)37-13-3-2-4-14-37/h5-8,20-22,24,26,36H,2-4,9-19H2,1H3. The Morgan fingerprint density at radius 2 is 1.53 bits per heavy atom. The number of amides is 2. The third-order valence-corrected chi connectivity index (χ3v) is 9.67. The summed E-state index contributed by atoms with van der Waals surface area (Å²) in [4.78, 5) is 49.7. The first-order valence-corrected chi connectivity index (χ1v) is 15.7. The molecule has 0 radical (unpaired) electrons. The molecule has 3 aromatic rings. The van der Waals surface area contributed by atoms with Crippen molar-refractivity contribution >= 4 is 28.5 Å². The molecule has 2 aromatic carbocycles. The molecule has 0 aliphatic carbocycles. The Morgan fingerprint density at radius 1 is 0.860 bits per heavy atom. The van der Waals surface area contributed by atoms with Crippen LogP contribution >= 0.6 is 0 Å². The number of fused-ring (bicyclic) bond motifs is 1. The summed E-state index contributed by atoms with van der Waals surface area (Å²) in [7, 11) is 1.53. The van der Waals surface area contributed by atoms with Crippen LogP contribution < -0.4 is 4.74 Å². The third kappa shape index (κ3) is 6.32. The minimum absolute atomic E-state index is 0.148. The molecule has 9 heteroatoms. The first-order valence-electron chi connectivity index (χ1n) is 15.7. The van der Waals surface area contributed by atoms with E-state index in [9.17, 15) is 18.8 Å². The molecule has 3 aliphatic rings. The number of H-pyrrole nitrogens is 1. The summed E-state index contributed by atoms with van der Waals surface area (Å²) in [6.45, 7) is 4.65. The van der Waals surface area contributed by atoms with E-state index in [4.69, 9.17) is 4.74 Å². The van der Waals surface area contributed by atoms with Crippen molar-refractivity contribution in [3.63, 3.8) is 0 Å². The zero-order valence-corrected chi connectivity index (χ0v) is 24.9. The minimum atomic E-state index is -0.548. The number of benzene rings is 2. The fourth-order valence-electron chi connectivity index (χ4n) is 7.11. The van der Waals surface area contributed by atoms with Crippen molar-refractivity contribution in [3.8, 4) is 5.75 Å². The van der Waals surface area contributed by atoms with Crippen molar-refractivity contribution in [2.24, 2.45) is 5.92 Å². The van der Waals surface area contributed by atoms with Crippen LogP contribution in [0.1, 0.15) is 71.2 Å². The van der Waals surface area contributed by atoms with Gasteiger partial charge in [0, 0.05) is 55.4 Å². The van der Waals surface area contributed by atoms with Crippen molar-refractivity contribution in [2.75, 3.05) is 46.4 Å². The first kappa shape index (κ1) is 29.4. The average Bonchev–Trinajstić information content (AvgIpc) is 3.48. The summed E-state index contributed by atoms with van der Waals surface area (Å²) in [5.74, 6) is -0.566. The smallest absolute Gasteiger partial charge is 0.295 e. The lowest BCUT2D eigenvalue weighted by Crippen LogP contribution is -2.49. The van der Waals surface area contributed by atoms with E-state index in [1.54, 1.807) is 23.2 Å². The van der Waals surface area contributed by atoms with E-state index < -0.39 is 11.7 Å². The van der Waals surface area contributed by atoms with Gasteiger partial charge in [0.2, 0.25) is 0 Å². The molecule has 1 aromatic heterocycles. The molecule has 3 saturated heterocycles. The van der Waals surface area contributed by atoms with Gasteiger partial charge in [0.05, 0.1) is 18.2 Å². The maximum atomic E-state index is 13.7. The molecule has 8 nitrogen and oxygen atoms in total. The maximum absolute atomic E-state index is 13.7. The van der Waals surface area contributed by atoms with Gasteiger partial charge in [0.1, 0.15) is 11.6 Å². The predicted molar refractivity (Wildman–Crippen MR) is 163 cm³/mol. The fourth-order valence-corrected chi connectivity index (χ4v) is 7.11. The number of ether oxygens (including phenoxy) is 1. The van der Waals surface area contributed by atoms with Crippen molar-refractivity contribution in [2.45, 2.75) is 57.4 Å². The van der Waals surface area contributed by atoms with Crippen molar-refractivity contribution in [1.82, 2.24) is 19.7 Å². The van der Waals surface area contributed by atoms with Gasteiger partial charge in [0.25, 0.3) is 17.6 Å². The van der Waals surface area contributed by atoms with E-state index in [1.807, 2.05) is 17.0 Å². The second kappa shape index (κ2) is 12.9. The average molecular weight is 589 g/mol. The van der Waals surface area contributed by atoms with Crippen LogP contribution in [-0.4, -0.2) is 89.7 Å². The zero-order valence-electron chi connectivity index (χ0n) is 24.9. The second-order valence-electron chi connectivity index (χ2n) is 12.3. The number of halogens is 1. The topological polar surface area (TPSA) is 86.0 Å². The molecule has 0 unspecified atom stereocenters. The van der Waals surface area contributed by atoms with Crippen LogP contribution in [0.4, 0.5) is 4.39 Å². The number of ketones is 1. The Hall–Kier alpha value is -3.72. The second-order valence-corrected chi connectivity index (χ2v) is 12.3. The molecule has 43 heavy (non-hydrogen) atoms. The number of hydrogen-bond acceptors (Lipinski definition) is 5. The van der Waals surface area contributed by atoms with Crippen LogP contribution in [0.15, 0.2) is 42.6 Å². The molecule has 0 bridgehead atoms. The number of carbonyl (C=O) groups excluding carboxylic acids is 3. The third-order valence-electron chi connectivity index (χ3n) is 9.67. The Balaban J connectivity index is 1.12. The van der Waals surface area contributed by atoms with Gasteiger partial charge in [0.15, 0.2) is 0 Å². The molecular weight excluding hydrogens is 547 g/mol. The van der Waals surface area contributed by atoms with Gasteiger partial charge in [-0.3, -0.25) is 14.4 Å². The number of nitrogens with zero attached hydrogens (tertiary/aromatic N) is 3. The van der Waals surface area contributed by atoms with Crippen LogP contribution in [-0.2, 0) is 11.2 Å². The SMILES string of the molecule is COc1cc2[nH]cc(C(=O)C(=O)N3CCC(N4CCCCC4)CC3)c2cc1C(=O)N1CCC(Cc2ccc(F)cc2)CC1. The van der Waals surface area contributed by atoms with Gasteiger partial charge >= 0.3 is 0 Å². The number of piperidine rings is 3. The fraction of sp³-hybridized carbons (Fsp3) is 0.500.